The van der Waals surface area contributed by atoms with Gasteiger partial charge in [-0.05, 0) is 60.2 Å². The summed E-state index contributed by atoms with van der Waals surface area (Å²) in [6.45, 7) is 0. The van der Waals surface area contributed by atoms with Gasteiger partial charge in [-0.1, -0.05) is 11.6 Å². The fourth-order valence-corrected chi connectivity index (χ4v) is 3.94. The lowest BCUT2D eigenvalue weighted by molar-refractivity contribution is -0.0190. The zero-order valence-electron chi connectivity index (χ0n) is 15.2. The molecule has 3 aromatic rings. The van der Waals surface area contributed by atoms with E-state index in [-0.39, 0.29) is 12.3 Å². The SMILES string of the molecule is COc1ccc(C2=NN3[C@@H](c4ccncc4)Oc4ccc(Cl)cc4[C@@H]3C2)cc1. The fraction of sp³-hybridized carbons (Fsp3) is 0.182. The van der Waals surface area contributed by atoms with Gasteiger partial charge in [-0.2, -0.15) is 5.10 Å². The molecule has 0 saturated carbocycles. The summed E-state index contributed by atoms with van der Waals surface area (Å²) < 4.78 is 11.6. The molecular weight excluding hydrogens is 374 g/mol. The molecule has 6 heteroatoms. The third-order valence-electron chi connectivity index (χ3n) is 5.17. The number of hydrazone groups is 1. The normalized spacial score (nSPS) is 20.1. The number of fused-ring (bicyclic) bond motifs is 3. The summed E-state index contributed by atoms with van der Waals surface area (Å²) in [6, 6.07) is 17.8. The van der Waals surface area contributed by atoms with Crippen LogP contribution in [0.1, 0.15) is 35.4 Å². The van der Waals surface area contributed by atoms with Crippen molar-refractivity contribution >= 4 is 17.3 Å². The topological polar surface area (TPSA) is 47.0 Å². The van der Waals surface area contributed by atoms with E-state index in [1.807, 2.05) is 59.6 Å². The van der Waals surface area contributed by atoms with Crippen LogP contribution < -0.4 is 9.47 Å². The summed E-state index contributed by atoms with van der Waals surface area (Å²) in [4.78, 5) is 4.12. The van der Waals surface area contributed by atoms with Crippen LogP contribution in [-0.4, -0.2) is 22.8 Å². The maximum atomic E-state index is 6.32. The number of ether oxygens (including phenoxy) is 2. The summed E-state index contributed by atoms with van der Waals surface area (Å²) in [5.74, 6) is 1.67. The molecule has 0 N–H and O–H groups in total. The summed E-state index contributed by atoms with van der Waals surface area (Å²) in [5.41, 5.74) is 4.17. The minimum Gasteiger partial charge on any atom is -0.497 e. The van der Waals surface area contributed by atoms with E-state index in [4.69, 9.17) is 26.2 Å². The molecule has 5 rings (SSSR count). The van der Waals surface area contributed by atoms with E-state index in [0.29, 0.717) is 5.02 Å². The molecule has 2 aromatic carbocycles. The minimum atomic E-state index is -0.308. The lowest BCUT2D eigenvalue weighted by Crippen LogP contribution is -2.33. The van der Waals surface area contributed by atoms with Crippen LogP contribution in [0, 0.1) is 0 Å². The van der Waals surface area contributed by atoms with E-state index in [1.54, 1.807) is 19.5 Å². The Bertz CT molecular complexity index is 1040. The Hall–Kier alpha value is -3.05. The van der Waals surface area contributed by atoms with Gasteiger partial charge in [-0.25, -0.2) is 5.01 Å². The molecule has 3 heterocycles. The van der Waals surface area contributed by atoms with E-state index < -0.39 is 0 Å². The minimum absolute atomic E-state index is 0.0673. The first-order chi connectivity index (χ1) is 13.7. The van der Waals surface area contributed by atoms with Crippen LogP contribution in [0.25, 0.3) is 0 Å². The van der Waals surface area contributed by atoms with Gasteiger partial charge in [0.1, 0.15) is 11.5 Å². The Kier molecular flexibility index (Phi) is 4.17. The highest BCUT2D eigenvalue weighted by molar-refractivity contribution is 6.30. The Labute approximate surface area is 168 Å². The smallest absolute Gasteiger partial charge is 0.213 e. The summed E-state index contributed by atoms with van der Waals surface area (Å²) in [7, 11) is 1.67. The van der Waals surface area contributed by atoms with Crippen molar-refractivity contribution in [1.29, 1.82) is 0 Å². The lowest BCUT2D eigenvalue weighted by Gasteiger charge is -2.38. The summed E-state index contributed by atoms with van der Waals surface area (Å²) >= 11 is 6.27. The molecule has 2 aliphatic heterocycles. The number of nitrogens with zero attached hydrogens (tertiary/aromatic N) is 3. The molecule has 0 saturated heterocycles. The second kappa shape index (κ2) is 6.84. The second-order valence-electron chi connectivity index (χ2n) is 6.81. The van der Waals surface area contributed by atoms with E-state index in [1.165, 1.54) is 0 Å². The molecule has 0 spiro atoms. The van der Waals surface area contributed by atoms with Crippen LogP contribution in [0.3, 0.4) is 0 Å². The number of hydrogen-bond donors (Lipinski definition) is 0. The number of rotatable bonds is 3. The molecule has 0 unspecified atom stereocenters. The first-order valence-corrected chi connectivity index (χ1v) is 9.47. The zero-order valence-corrected chi connectivity index (χ0v) is 16.0. The number of halogens is 1. The van der Waals surface area contributed by atoms with Gasteiger partial charge in [0.25, 0.3) is 0 Å². The molecular formula is C22H18ClN3O2. The van der Waals surface area contributed by atoms with E-state index >= 15 is 0 Å². The fourth-order valence-electron chi connectivity index (χ4n) is 3.76. The van der Waals surface area contributed by atoms with Gasteiger partial charge >= 0.3 is 0 Å². The molecule has 2 atom stereocenters. The van der Waals surface area contributed by atoms with E-state index in [0.717, 1.165) is 40.3 Å². The molecule has 1 aromatic heterocycles. The Morgan fingerprint density at radius 2 is 1.86 bits per heavy atom. The maximum absolute atomic E-state index is 6.32. The zero-order chi connectivity index (χ0) is 19.1. The third-order valence-corrected chi connectivity index (χ3v) is 5.40. The number of pyridine rings is 1. The van der Waals surface area contributed by atoms with Gasteiger partial charge in [0.2, 0.25) is 6.23 Å². The number of hydrogen-bond acceptors (Lipinski definition) is 5. The van der Waals surface area contributed by atoms with Crippen molar-refractivity contribution in [3.63, 3.8) is 0 Å². The van der Waals surface area contributed by atoms with Crippen molar-refractivity contribution in [2.75, 3.05) is 7.11 Å². The highest BCUT2D eigenvalue weighted by Crippen LogP contribution is 2.48. The van der Waals surface area contributed by atoms with Crippen LogP contribution in [0.2, 0.25) is 5.02 Å². The van der Waals surface area contributed by atoms with Crippen molar-refractivity contribution < 1.29 is 9.47 Å². The molecule has 0 amide bonds. The molecule has 28 heavy (non-hydrogen) atoms. The van der Waals surface area contributed by atoms with E-state index in [9.17, 15) is 0 Å². The standard InChI is InChI=1S/C22H18ClN3O2/c1-27-17-5-2-14(3-6-17)19-13-20-18-12-16(23)4-7-21(18)28-22(26(20)25-19)15-8-10-24-11-9-15/h2-12,20,22H,13H2,1H3/t20-,22+/m0/s1. The van der Waals surface area contributed by atoms with Crippen molar-refractivity contribution in [1.82, 2.24) is 9.99 Å². The highest BCUT2D eigenvalue weighted by atomic mass is 35.5. The largest absolute Gasteiger partial charge is 0.497 e. The van der Waals surface area contributed by atoms with Crippen molar-refractivity contribution in [3.8, 4) is 11.5 Å². The van der Waals surface area contributed by atoms with Gasteiger partial charge < -0.3 is 9.47 Å². The quantitative estimate of drug-likeness (QED) is 0.631. The van der Waals surface area contributed by atoms with Crippen molar-refractivity contribution in [2.24, 2.45) is 5.10 Å². The predicted octanol–water partition coefficient (Wildman–Crippen LogP) is 4.99. The Balaban J connectivity index is 1.57. The average Bonchev–Trinajstić information content (AvgIpc) is 3.20. The molecule has 0 radical (unpaired) electrons. The van der Waals surface area contributed by atoms with Crippen LogP contribution >= 0.6 is 11.6 Å². The molecule has 140 valence electrons. The van der Waals surface area contributed by atoms with E-state index in [2.05, 4.69) is 4.98 Å². The van der Waals surface area contributed by atoms with Gasteiger partial charge in [-0.15, -0.1) is 0 Å². The van der Waals surface area contributed by atoms with Crippen LogP contribution in [0.15, 0.2) is 72.1 Å². The average molecular weight is 392 g/mol. The van der Waals surface area contributed by atoms with Crippen LogP contribution in [0.4, 0.5) is 0 Å². The molecule has 0 aliphatic carbocycles. The summed E-state index contributed by atoms with van der Waals surface area (Å²) in [6.07, 6.45) is 4.02. The first-order valence-electron chi connectivity index (χ1n) is 9.09. The molecule has 0 bridgehead atoms. The monoisotopic (exact) mass is 391 g/mol. The first kappa shape index (κ1) is 17.1. The van der Waals surface area contributed by atoms with Crippen molar-refractivity contribution in [2.45, 2.75) is 18.7 Å². The van der Waals surface area contributed by atoms with Gasteiger partial charge in [0.15, 0.2) is 0 Å². The second-order valence-corrected chi connectivity index (χ2v) is 7.24. The number of benzene rings is 2. The molecule has 0 fully saturated rings. The number of aromatic nitrogens is 1. The molecule has 5 nitrogen and oxygen atoms in total. The van der Waals surface area contributed by atoms with Crippen molar-refractivity contribution in [3.05, 3.63) is 88.7 Å². The van der Waals surface area contributed by atoms with Gasteiger partial charge in [0.05, 0.1) is 18.9 Å². The van der Waals surface area contributed by atoms with Crippen LogP contribution in [-0.2, 0) is 0 Å². The lowest BCUT2D eigenvalue weighted by atomic mass is 9.96. The number of methoxy groups -OCH3 is 1. The summed E-state index contributed by atoms with van der Waals surface area (Å²) in [5, 5.41) is 7.67. The Morgan fingerprint density at radius 3 is 2.61 bits per heavy atom. The van der Waals surface area contributed by atoms with Gasteiger partial charge in [-0.3, -0.25) is 4.98 Å². The maximum Gasteiger partial charge on any atom is 0.213 e. The molecule has 2 aliphatic rings. The predicted molar refractivity (Wildman–Crippen MR) is 108 cm³/mol. The Morgan fingerprint density at radius 1 is 1.07 bits per heavy atom. The highest BCUT2D eigenvalue weighted by Gasteiger charge is 2.41. The third kappa shape index (κ3) is 2.88. The van der Waals surface area contributed by atoms with Gasteiger partial charge in [0, 0.05) is 35.0 Å². The van der Waals surface area contributed by atoms with Crippen LogP contribution in [0.5, 0.6) is 11.5 Å².